The summed E-state index contributed by atoms with van der Waals surface area (Å²) in [7, 11) is 0. The van der Waals surface area contributed by atoms with Gasteiger partial charge in [0.05, 0.1) is 19.3 Å². The van der Waals surface area contributed by atoms with Crippen LogP contribution in [0.2, 0.25) is 0 Å². The van der Waals surface area contributed by atoms with Gasteiger partial charge in [-0.05, 0) is 0 Å². The maximum atomic E-state index is 10.5. The zero-order valence-corrected chi connectivity index (χ0v) is 12.7. The van der Waals surface area contributed by atoms with E-state index >= 15 is 0 Å². The molecule has 1 rings (SSSR count). The average molecular weight is 342 g/mol. The van der Waals surface area contributed by atoms with Crippen molar-refractivity contribution in [1.82, 2.24) is 15.0 Å². The molecule has 1 heterocycles. The van der Waals surface area contributed by atoms with Crippen molar-refractivity contribution in [3.63, 3.8) is 0 Å². The maximum absolute atomic E-state index is 10.5. The molecule has 0 bridgehead atoms. The minimum absolute atomic E-state index is 0.0851. The lowest BCUT2D eigenvalue weighted by Gasteiger charge is -2.10. The molecule has 0 aliphatic heterocycles. The third-order valence-corrected chi connectivity index (χ3v) is 2.50. The summed E-state index contributed by atoms with van der Waals surface area (Å²) in [6.07, 6.45) is -0.431. The number of nitrogens with zero attached hydrogens (tertiary/aromatic N) is 3. The van der Waals surface area contributed by atoms with Gasteiger partial charge < -0.3 is 31.3 Å². The molecule has 12 heteroatoms. The van der Waals surface area contributed by atoms with Crippen LogP contribution in [0.15, 0.2) is 0 Å². The third-order valence-electron chi connectivity index (χ3n) is 2.50. The second-order valence-corrected chi connectivity index (χ2v) is 4.52. The lowest BCUT2D eigenvalue weighted by molar-refractivity contribution is -0.137. The Labute approximate surface area is 136 Å². The fourth-order valence-electron chi connectivity index (χ4n) is 1.46. The molecule has 1 aromatic heterocycles. The predicted octanol–water partition coefficient (Wildman–Crippen LogP) is -0.469. The van der Waals surface area contributed by atoms with Crippen molar-refractivity contribution in [2.45, 2.75) is 19.3 Å². The van der Waals surface area contributed by atoms with E-state index in [1.807, 2.05) is 0 Å². The Morgan fingerprint density at radius 3 is 1.08 bits per heavy atom. The molecule has 0 amide bonds. The largest absolute Gasteiger partial charge is 0.481 e. The van der Waals surface area contributed by atoms with Crippen LogP contribution >= 0.6 is 0 Å². The SMILES string of the molecule is O=C(O)CCNc1nc(NCCC(=O)O)nc(NCCC(=O)O)n1. The molecule has 1 aromatic rings. The van der Waals surface area contributed by atoms with Crippen LogP contribution in [0.1, 0.15) is 19.3 Å². The van der Waals surface area contributed by atoms with Gasteiger partial charge in [-0.1, -0.05) is 0 Å². The second kappa shape index (κ2) is 9.76. The minimum atomic E-state index is -0.990. The molecular weight excluding hydrogens is 324 g/mol. The van der Waals surface area contributed by atoms with Gasteiger partial charge in [-0.15, -0.1) is 0 Å². The number of carboxylic acid groups (broad SMARTS) is 3. The number of aliphatic carboxylic acids is 3. The second-order valence-electron chi connectivity index (χ2n) is 4.52. The number of aromatic nitrogens is 3. The van der Waals surface area contributed by atoms with Gasteiger partial charge in [-0.25, -0.2) is 0 Å². The molecular formula is C12H18N6O6. The molecule has 12 nitrogen and oxygen atoms in total. The van der Waals surface area contributed by atoms with Gasteiger partial charge in [0.2, 0.25) is 17.8 Å². The molecule has 0 atom stereocenters. The Bertz CT molecular complexity index is 502. The van der Waals surface area contributed by atoms with E-state index in [0.29, 0.717) is 0 Å². The third kappa shape index (κ3) is 8.31. The maximum Gasteiger partial charge on any atom is 0.305 e. The van der Waals surface area contributed by atoms with Crippen molar-refractivity contribution >= 4 is 35.8 Å². The Kier molecular flexibility index (Phi) is 7.67. The fourth-order valence-corrected chi connectivity index (χ4v) is 1.46. The van der Waals surface area contributed by atoms with Gasteiger partial charge in [-0.2, -0.15) is 15.0 Å². The van der Waals surface area contributed by atoms with Gasteiger partial charge in [0.15, 0.2) is 0 Å². The number of hydrogen-bond acceptors (Lipinski definition) is 9. The number of carboxylic acids is 3. The molecule has 0 aliphatic rings. The molecule has 0 aliphatic carbocycles. The Balaban J connectivity index is 2.73. The fraction of sp³-hybridized carbons (Fsp3) is 0.500. The number of hydrogen-bond donors (Lipinski definition) is 6. The summed E-state index contributed by atoms with van der Waals surface area (Å²) in [5.74, 6) is -2.71. The van der Waals surface area contributed by atoms with Crippen molar-refractivity contribution in [1.29, 1.82) is 0 Å². The summed E-state index contributed by atoms with van der Waals surface area (Å²) >= 11 is 0. The standard InChI is InChI=1S/C12H18N6O6/c19-7(20)1-4-13-10-16-11(14-5-2-8(21)22)18-12(17-10)15-6-3-9(23)24/h1-6H2,(H,19,20)(H,21,22)(H,23,24)(H3,13,14,15,16,17,18). The Morgan fingerprint density at radius 2 is 0.875 bits per heavy atom. The number of nitrogens with one attached hydrogen (secondary N) is 3. The van der Waals surface area contributed by atoms with Gasteiger partial charge in [0, 0.05) is 19.6 Å². The first-order valence-corrected chi connectivity index (χ1v) is 7.00. The van der Waals surface area contributed by atoms with Crippen LogP contribution in [0, 0.1) is 0 Å². The minimum Gasteiger partial charge on any atom is -0.481 e. The Morgan fingerprint density at radius 1 is 0.625 bits per heavy atom. The zero-order valence-electron chi connectivity index (χ0n) is 12.7. The van der Waals surface area contributed by atoms with Crippen molar-refractivity contribution < 1.29 is 29.7 Å². The van der Waals surface area contributed by atoms with E-state index in [0.717, 1.165) is 0 Å². The van der Waals surface area contributed by atoms with Crippen LogP contribution in [-0.4, -0.2) is 67.8 Å². The molecule has 0 saturated heterocycles. The first-order chi connectivity index (χ1) is 11.4. The summed E-state index contributed by atoms with van der Waals surface area (Å²) in [6, 6.07) is 0. The lowest BCUT2D eigenvalue weighted by Crippen LogP contribution is -2.16. The molecule has 0 unspecified atom stereocenters. The van der Waals surface area contributed by atoms with Gasteiger partial charge in [0.1, 0.15) is 0 Å². The Hall–Kier alpha value is -3.18. The normalized spacial score (nSPS) is 10.0. The van der Waals surface area contributed by atoms with Crippen LogP contribution in [0.4, 0.5) is 17.8 Å². The summed E-state index contributed by atoms with van der Waals surface area (Å²) in [6.45, 7) is 0.257. The number of rotatable bonds is 12. The molecule has 0 radical (unpaired) electrons. The van der Waals surface area contributed by atoms with Gasteiger partial charge in [0.25, 0.3) is 0 Å². The van der Waals surface area contributed by atoms with Crippen molar-refractivity contribution in [3.05, 3.63) is 0 Å². The monoisotopic (exact) mass is 342 g/mol. The quantitative estimate of drug-likeness (QED) is 0.287. The van der Waals surface area contributed by atoms with E-state index in [2.05, 4.69) is 30.9 Å². The first-order valence-electron chi connectivity index (χ1n) is 7.00. The highest BCUT2D eigenvalue weighted by Gasteiger charge is 2.08. The van der Waals surface area contributed by atoms with E-state index in [1.165, 1.54) is 0 Å². The van der Waals surface area contributed by atoms with Crippen LogP contribution in [-0.2, 0) is 14.4 Å². The average Bonchev–Trinajstić information content (AvgIpc) is 2.46. The molecule has 0 saturated carbocycles. The highest BCUT2D eigenvalue weighted by molar-refractivity contribution is 5.68. The number of carbonyl (C=O) groups is 3. The van der Waals surface area contributed by atoms with Crippen molar-refractivity contribution in [2.24, 2.45) is 0 Å². The topological polar surface area (TPSA) is 187 Å². The van der Waals surface area contributed by atoms with Crippen molar-refractivity contribution in [2.75, 3.05) is 35.6 Å². The number of anilines is 3. The van der Waals surface area contributed by atoms with E-state index in [9.17, 15) is 14.4 Å². The highest BCUT2D eigenvalue weighted by Crippen LogP contribution is 2.09. The van der Waals surface area contributed by atoms with Crippen LogP contribution in [0.5, 0.6) is 0 Å². The smallest absolute Gasteiger partial charge is 0.305 e. The first kappa shape index (κ1) is 18.9. The van der Waals surface area contributed by atoms with Crippen LogP contribution in [0.3, 0.4) is 0 Å². The predicted molar refractivity (Wildman–Crippen MR) is 82.1 cm³/mol. The van der Waals surface area contributed by atoms with E-state index in [-0.39, 0.29) is 56.7 Å². The van der Waals surface area contributed by atoms with Crippen LogP contribution in [0.25, 0.3) is 0 Å². The zero-order chi connectivity index (χ0) is 17.9. The lowest BCUT2D eigenvalue weighted by atomic mass is 10.4. The molecule has 0 aromatic carbocycles. The van der Waals surface area contributed by atoms with Crippen molar-refractivity contribution in [3.8, 4) is 0 Å². The molecule has 6 N–H and O–H groups in total. The summed E-state index contributed by atoms with van der Waals surface area (Å²) < 4.78 is 0. The van der Waals surface area contributed by atoms with E-state index in [1.54, 1.807) is 0 Å². The molecule has 24 heavy (non-hydrogen) atoms. The van der Waals surface area contributed by atoms with Gasteiger partial charge in [-0.3, -0.25) is 14.4 Å². The van der Waals surface area contributed by atoms with Gasteiger partial charge >= 0.3 is 17.9 Å². The summed E-state index contributed by atoms with van der Waals surface area (Å²) in [5.41, 5.74) is 0. The molecule has 0 fully saturated rings. The molecule has 132 valence electrons. The summed E-state index contributed by atoms with van der Waals surface area (Å²) in [4.78, 5) is 43.5. The van der Waals surface area contributed by atoms with E-state index < -0.39 is 17.9 Å². The highest BCUT2D eigenvalue weighted by atomic mass is 16.4. The molecule has 0 spiro atoms. The summed E-state index contributed by atoms with van der Waals surface area (Å²) in [5, 5.41) is 33.9. The van der Waals surface area contributed by atoms with Crippen LogP contribution < -0.4 is 16.0 Å². The van der Waals surface area contributed by atoms with E-state index in [4.69, 9.17) is 15.3 Å².